The van der Waals surface area contributed by atoms with Crippen LogP contribution in [0, 0.1) is 0 Å². The van der Waals surface area contributed by atoms with E-state index < -0.39 is 0 Å². The molecule has 6 nitrogen and oxygen atoms in total. The average Bonchev–Trinajstić information content (AvgIpc) is 2.79. The molecule has 0 aliphatic heterocycles. The number of nitrogens with one attached hydrogen (secondary N) is 1. The molecule has 0 aliphatic carbocycles. The molecule has 0 radical (unpaired) electrons. The van der Waals surface area contributed by atoms with E-state index in [0.717, 1.165) is 16.9 Å². The van der Waals surface area contributed by atoms with Crippen LogP contribution in [0.1, 0.15) is 6.42 Å². The van der Waals surface area contributed by atoms with E-state index in [1.165, 1.54) is 10.9 Å². The molecule has 1 heterocycles. The van der Waals surface area contributed by atoms with Gasteiger partial charge in [-0.15, -0.1) is 0 Å². The van der Waals surface area contributed by atoms with Crippen LogP contribution < -0.4 is 15.6 Å². The van der Waals surface area contributed by atoms with Gasteiger partial charge in [-0.05, 0) is 35.9 Å². The van der Waals surface area contributed by atoms with Crippen LogP contribution in [0.15, 0.2) is 83.9 Å². The summed E-state index contributed by atoms with van der Waals surface area (Å²) in [6.45, 7) is 0.266. The number of ether oxygens (including phenoxy) is 1. The second-order valence-electron chi connectivity index (χ2n) is 6.84. The summed E-state index contributed by atoms with van der Waals surface area (Å²) in [7, 11) is 1.64. The number of carbonyl (C=O) groups excluding carboxylic acids is 1. The van der Waals surface area contributed by atoms with Gasteiger partial charge >= 0.3 is 0 Å². The lowest BCUT2D eigenvalue weighted by Gasteiger charge is -2.10. The summed E-state index contributed by atoms with van der Waals surface area (Å²) in [5.74, 6) is 0.629. The molecule has 0 aliphatic rings. The molecular formula is C24H21N3O3. The molecule has 4 aromatic rings. The molecule has 30 heavy (non-hydrogen) atoms. The first-order valence-corrected chi connectivity index (χ1v) is 9.63. The van der Waals surface area contributed by atoms with Crippen LogP contribution in [0.5, 0.6) is 5.75 Å². The first-order chi connectivity index (χ1) is 14.7. The summed E-state index contributed by atoms with van der Waals surface area (Å²) in [4.78, 5) is 29.1. The molecule has 1 N–H and O–H groups in total. The molecule has 0 saturated carbocycles. The van der Waals surface area contributed by atoms with Crippen LogP contribution >= 0.6 is 0 Å². The van der Waals surface area contributed by atoms with Crippen molar-refractivity contribution in [3.8, 4) is 16.9 Å². The minimum absolute atomic E-state index is 0.144. The standard InChI is InChI=1S/C24H21N3O3/c1-30-22-9-5-3-6-19(22)17-10-12-18(13-11-17)26-23(28)14-15-27-16-25-21-8-4-2-7-20(21)24(27)29/h2-13,16H,14-15H2,1H3,(H,26,28). The molecule has 0 spiro atoms. The number of benzene rings is 3. The summed E-state index contributed by atoms with van der Waals surface area (Å²) in [6.07, 6.45) is 1.66. The van der Waals surface area contributed by atoms with E-state index in [1.807, 2.05) is 54.6 Å². The van der Waals surface area contributed by atoms with Gasteiger partial charge in [0.25, 0.3) is 5.56 Å². The molecular weight excluding hydrogens is 378 g/mol. The van der Waals surface area contributed by atoms with Crippen LogP contribution in [0.3, 0.4) is 0 Å². The zero-order valence-electron chi connectivity index (χ0n) is 16.5. The van der Waals surface area contributed by atoms with Gasteiger partial charge in [-0.1, -0.05) is 42.5 Å². The molecule has 1 aromatic heterocycles. The minimum atomic E-state index is -0.167. The second kappa shape index (κ2) is 8.61. The Morgan fingerprint density at radius 3 is 2.53 bits per heavy atom. The van der Waals surface area contributed by atoms with Crippen molar-refractivity contribution in [1.82, 2.24) is 9.55 Å². The Morgan fingerprint density at radius 1 is 1.00 bits per heavy atom. The predicted octanol–water partition coefficient (Wildman–Crippen LogP) is 4.10. The molecule has 0 saturated heterocycles. The van der Waals surface area contributed by atoms with E-state index in [2.05, 4.69) is 10.3 Å². The summed E-state index contributed by atoms with van der Waals surface area (Å²) in [5, 5.41) is 3.42. The Kier molecular flexibility index (Phi) is 5.57. The number of hydrogen-bond donors (Lipinski definition) is 1. The smallest absolute Gasteiger partial charge is 0.261 e. The van der Waals surface area contributed by atoms with Crippen molar-refractivity contribution in [1.29, 1.82) is 0 Å². The van der Waals surface area contributed by atoms with Crippen molar-refractivity contribution >= 4 is 22.5 Å². The number of nitrogens with zero attached hydrogens (tertiary/aromatic N) is 2. The molecule has 6 heteroatoms. The quantitative estimate of drug-likeness (QED) is 0.530. The van der Waals surface area contributed by atoms with Gasteiger partial charge in [0.2, 0.25) is 5.91 Å². The molecule has 0 bridgehead atoms. The monoisotopic (exact) mass is 399 g/mol. The van der Waals surface area contributed by atoms with Crippen molar-refractivity contribution in [3.63, 3.8) is 0 Å². The van der Waals surface area contributed by atoms with Gasteiger partial charge in [0.05, 0.1) is 24.3 Å². The predicted molar refractivity (Wildman–Crippen MR) is 118 cm³/mol. The van der Waals surface area contributed by atoms with Crippen molar-refractivity contribution in [2.24, 2.45) is 0 Å². The number of amides is 1. The fraction of sp³-hybridized carbons (Fsp3) is 0.125. The van der Waals surface area contributed by atoms with Crippen LogP contribution in [0.2, 0.25) is 0 Å². The van der Waals surface area contributed by atoms with E-state index in [9.17, 15) is 9.59 Å². The van der Waals surface area contributed by atoms with E-state index >= 15 is 0 Å². The lowest BCUT2D eigenvalue weighted by atomic mass is 10.0. The third-order valence-electron chi connectivity index (χ3n) is 4.90. The molecule has 0 atom stereocenters. The maximum atomic E-state index is 12.5. The SMILES string of the molecule is COc1ccccc1-c1ccc(NC(=O)CCn2cnc3ccccc3c2=O)cc1. The molecule has 4 rings (SSSR count). The van der Waals surface area contributed by atoms with E-state index in [1.54, 1.807) is 25.3 Å². The molecule has 0 fully saturated rings. The highest BCUT2D eigenvalue weighted by atomic mass is 16.5. The highest BCUT2D eigenvalue weighted by Crippen LogP contribution is 2.30. The number of para-hydroxylation sites is 2. The zero-order valence-corrected chi connectivity index (χ0v) is 16.5. The third-order valence-corrected chi connectivity index (χ3v) is 4.90. The Morgan fingerprint density at radius 2 is 1.73 bits per heavy atom. The van der Waals surface area contributed by atoms with Crippen molar-refractivity contribution in [2.45, 2.75) is 13.0 Å². The number of aromatic nitrogens is 2. The average molecular weight is 399 g/mol. The zero-order chi connectivity index (χ0) is 20.9. The molecule has 3 aromatic carbocycles. The van der Waals surface area contributed by atoms with Crippen LogP contribution in [-0.4, -0.2) is 22.6 Å². The van der Waals surface area contributed by atoms with Gasteiger partial charge in [0.15, 0.2) is 0 Å². The Bertz CT molecular complexity index is 1250. The maximum absolute atomic E-state index is 12.5. The van der Waals surface area contributed by atoms with Gasteiger partial charge in [-0.2, -0.15) is 0 Å². The number of methoxy groups -OCH3 is 1. The highest BCUT2D eigenvalue weighted by Gasteiger charge is 2.08. The number of rotatable bonds is 6. The van der Waals surface area contributed by atoms with Gasteiger partial charge in [0, 0.05) is 24.2 Å². The van der Waals surface area contributed by atoms with E-state index in [0.29, 0.717) is 16.6 Å². The number of carbonyl (C=O) groups is 1. The van der Waals surface area contributed by atoms with Gasteiger partial charge < -0.3 is 10.1 Å². The lowest BCUT2D eigenvalue weighted by molar-refractivity contribution is -0.116. The number of fused-ring (bicyclic) bond motifs is 1. The topological polar surface area (TPSA) is 73.2 Å². The molecule has 150 valence electrons. The van der Waals surface area contributed by atoms with E-state index in [-0.39, 0.29) is 24.4 Å². The van der Waals surface area contributed by atoms with Crippen molar-refractivity contribution in [3.05, 3.63) is 89.5 Å². The third kappa shape index (κ3) is 4.07. The number of hydrogen-bond acceptors (Lipinski definition) is 4. The maximum Gasteiger partial charge on any atom is 0.261 e. The number of anilines is 1. The van der Waals surface area contributed by atoms with Crippen LogP contribution in [0.25, 0.3) is 22.0 Å². The summed E-state index contributed by atoms with van der Waals surface area (Å²) < 4.78 is 6.87. The van der Waals surface area contributed by atoms with Crippen LogP contribution in [-0.2, 0) is 11.3 Å². The van der Waals surface area contributed by atoms with Gasteiger partial charge in [-0.25, -0.2) is 4.98 Å². The lowest BCUT2D eigenvalue weighted by Crippen LogP contribution is -2.23. The van der Waals surface area contributed by atoms with Crippen LogP contribution in [0.4, 0.5) is 5.69 Å². The van der Waals surface area contributed by atoms with E-state index in [4.69, 9.17) is 4.74 Å². The number of aryl methyl sites for hydroxylation is 1. The normalized spacial score (nSPS) is 10.7. The second-order valence-corrected chi connectivity index (χ2v) is 6.84. The first kappa shape index (κ1) is 19.4. The highest BCUT2D eigenvalue weighted by molar-refractivity contribution is 5.91. The van der Waals surface area contributed by atoms with Crippen molar-refractivity contribution in [2.75, 3.05) is 12.4 Å². The Hall–Kier alpha value is -3.93. The fourth-order valence-corrected chi connectivity index (χ4v) is 3.33. The Labute approximate surface area is 173 Å². The Balaban J connectivity index is 1.41. The summed E-state index contributed by atoms with van der Waals surface area (Å²) in [5.41, 5.74) is 3.19. The first-order valence-electron chi connectivity index (χ1n) is 9.63. The van der Waals surface area contributed by atoms with Gasteiger partial charge in [-0.3, -0.25) is 14.2 Å². The largest absolute Gasteiger partial charge is 0.496 e. The molecule has 0 unspecified atom stereocenters. The molecule has 1 amide bonds. The summed E-state index contributed by atoms with van der Waals surface area (Å²) >= 11 is 0. The minimum Gasteiger partial charge on any atom is -0.496 e. The summed E-state index contributed by atoms with van der Waals surface area (Å²) in [6, 6.07) is 22.5. The van der Waals surface area contributed by atoms with Gasteiger partial charge in [0.1, 0.15) is 5.75 Å². The van der Waals surface area contributed by atoms with Crippen molar-refractivity contribution < 1.29 is 9.53 Å². The fourth-order valence-electron chi connectivity index (χ4n) is 3.33.